The fourth-order valence-electron chi connectivity index (χ4n) is 2.33. The molecule has 4 N–H and O–H groups in total. The molecule has 18 heavy (non-hydrogen) atoms. The number of phenolic OH excluding ortho intramolecular Hbond substituents is 2. The van der Waals surface area contributed by atoms with Crippen LogP contribution in [-0.2, 0) is 0 Å². The number of aliphatic hydroxyl groups is 1. The highest BCUT2D eigenvalue weighted by atomic mass is 16.3. The molecule has 0 radical (unpaired) electrons. The highest BCUT2D eigenvalue weighted by Gasteiger charge is 2.26. The van der Waals surface area contributed by atoms with Gasteiger partial charge < -0.3 is 20.6 Å². The van der Waals surface area contributed by atoms with Gasteiger partial charge in [-0.1, -0.05) is 0 Å². The number of nitrogens with one attached hydrogen (secondary N) is 1. The van der Waals surface area contributed by atoms with Gasteiger partial charge in [-0.3, -0.25) is 4.90 Å². The van der Waals surface area contributed by atoms with Crippen molar-refractivity contribution in [2.45, 2.75) is 19.1 Å². The highest BCUT2D eigenvalue weighted by Crippen LogP contribution is 2.31. The number of phenols is 2. The molecular formula is C13H20N2O3. The van der Waals surface area contributed by atoms with E-state index in [1.54, 1.807) is 6.07 Å². The van der Waals surface area contributed by atoms with Crippen LogP contribution in [0, 0.1) is 0 Å². The fourth-order valence-corrected chi connectivity index (χ4v) is 2.33. The SMILES string of the molecule is CC(C(O)c1ccc(O)cc1O)N1CCNCC1. The van der Waals surface area contributed by atoms with Gasteiger partial charge in [-0.05, 0) is 19.1 Å². The lowest BCUT2D eigenvalue weighted by Crippen LogP contribution is -2.49. The molecule has 2 atom stereocenters. The van der Waals surface area contributed by atoms with Crippen LogP contribution < -0.4 is 5.32 Å². The normalized spacial score (nSPS) is 20.6. The highest BCUT2D eigenvalue weighted by molar-refractivity contribution is 5.40. The minimum atomic E-state index is -0.760. The first-order valence-corrected chi connectivity index (χ1v) is 6.24. The van der Waals surface area contributed by atoms with E-state index in [0.717, 1.165) is 26.2 Å². The van der Waals surface area contributed by atoms with Crippen molar-refractivity contribution in [1.29, 1.82) is 0 Å². The van der Waals surface area contributed by atoms with Gasteiger partial charge in [-0.15, -0.1) is 0 Å². The van der Waals surface area contributed by atoms with Crippen molar-refractivity contribution in [1.82, 2.24) is 10.2 Å². The van der Waals surface area contributed by atoms with Crippen LogP contribution in [0.15, 0.2) is 18.2 Å². The lowest BCUT2D eigenvalue weighted by Gasteiger charge is -2.35. The van der Waals surface area contributed by atoms with Gasteiger partial charge in [-0.25, -0.2) is 0 Å². The second-order valence-electron chi connectivity index (χ2n) is 4.71. The zero-order valence-corrected chi connectivity index (χ0v) is 10.5. The summed E-state index contributed by atoms with van der Waals surface area (Å²) in [6, 6.07) is 4.22. The molecule has 0 spiro atoms. The largest absolute Gasteiger partial charge is 0.508 e. The summed E-state index contributed by atoms with van der Waals surface area (Å²) >= 11 is 0. The van der Waals surface area contributed by atoms with Gasteiger partial charge in [-0.2, -0.15) is 0 Å². The standard InChI is InChI=1S/C13H20N2O3/c1-9(15-6-4-14-5-7-15)13(18)11-3-2-10(16)8-12(11)17/h2-3,8-9,13-14,16-18H,4-7H2,1H3. The third-order valence-electron chi connectivity index (χ3n) is 3.52. The Morgan fingerprint density at radius 2 is 1.89 bits per heavy atom. The molecular weight excluding hydrogens is 232 g/mol. The van der Waals surface area contributed by atoms with Crippen LogP contribution in [-0.4, -0.2) is 52.4 Å². The molecule has 100 valence electrons. The number of rotatable bonds is 3. The molecule has 1 fully saturated rings. The number of benzene rings is 1. The smallest absolute Gasteiger partial charge is 0.125 e. The quantitative estimate of drug-likeness (QED) is 0.627. The lowest BCUT2D eigenvalue weighted by molar-refractivity contribution is 0.0495. The Morgan fingerprint density at radius 1 is 1.22 bits per heavy atom. The van der Waals surface area contributed by atoms with Gasteiger partial charge in [0.05, 0.1) is 6.10 Å². The number of hydrogen-bond donors (Lipinski definition) is 4. The summed E-state index contributed by atoms with van der Waals surface area (Å²) in [6.45, 7) is 5.55. The predicted octanol–water partition coefficient (Wildman–Crippen LogP) is 0.425. The Kier molecular flexibility index (Phi) is 4.06. The topological polar surface area (TPSA) is 76.0 Å². The summed E-state index contributed by atoms with van der Waals surface area (Å²) in [5.41, 5.74) is 0.457. The molecule has 0 aliphatic carbocycles. The van der Waals surface area contributed by atoms with E-state index in [-0.39, 0.29) is 17.5 Å². The maximum atomic E-state index is 10.3. The Balaban J connectivity index is 2.11. The van der Waals surface area contributed by atoms with E-state index in [0.29, 0.717) is 5.56 Å². The van der Waals surface area contributed by atoms with Crippen LogP contribution >= 0.6 is 0 Å². The number of nitrogens with zero attached hydrogens (tertiary/aromatic N) is 1. The van der Waals surface area contributed by atoms with Crippen molar-refractivity contribution in [3.8, 4) is 11.5 Å². The average Bonchev–Trinajstić information content (AvgIpc) is 2.38. The minimum Gasteiger partial charge on any atom is -0.508 e. The van der Waals surface area contributed by atoms with E-state index in [1.807, 2.05) is 6.92 Å². The monoisotopic (exact) mass is 252 g/mol. The molecule has 1 aliphatic heterocycles. The van der Waals surface area contributed by atoms with Gasteiger partial charge in [0.15, 0.2) is 0 Å². The van der Waals surface area contributed by atoms with Crippen LogP contribution in [0.3, 0.4) is 0 Å². The third-order valence-corrected chi connectivity index (χ3v) is 3.52. The molecule has 0 saturated carbocycles. The minimum absolute atomic E-state index is 0.00160. The lowest BCUT2D eigenvalue weighted by atomic mass is 10.0. The summed E-state index contributed by atoms with van der Waals surface area (Å²) < 4.78 is 0. The van der Waals surface area contributed by atoms with Crippen molar-refractivity contribution >= 4 is 0 Å². The van der Waals surface area contributed by atoms with Gasteiger partial charge >= 0.3 is 0 Å². The van der Waals surface area contributed by atoms with Gasteiger partial charge in [0.2, 0.25) is 0 Å². The van der Waals surface area contributed by atoms with E-state index in [2.05, 4.69) is 10.2 Å². The summed E-state index contributed by atoms with van der Waals surface area (Å²) in [7, 11) is 0. The molecule has 0 bridgehead atoms. The molecule has 0 aromatic heterocycles. The zero-order chi connectivity index (χ0) is 13.1. The number of aliphatic hydroxyl groups excluding tert-OH is 1. The molecule has 5 nitrogen and oxygen atoms in total. The maximum absolute atomic E-state index is 10.3. The van der Waals surface area contributed by atoms with Crippen molar-refractivity contribution in [3.63, 3.8) is 0 Å². The number of piperazine rings is 1. The van der Waals surface area contributed by atoms with Crippen molar-refractivity contribution in [2.24, 2.45) is 0 Å². The van der Waals surface area contributed by atoms with Crippen LogP contribution in [0.1, 0.15) is 18.6 Å². The number of hydrogen-bond acceptors (Lipinski definition) is 5. The van der Waals surface area contributed by atoms with E-state index < -0.39 is 6.10 Å². The summed E-state index contributed by atoms with van der Waals surface area (Å²) in [4.78, 5) is 2.19. The van der Waals surface area contributed by atoms with Gasteiger partial charge in [0.1, 0.15) is 11.5 Å². The first kappa shape index (κ1) is 13.1. The second kappa shape index (κ2) is 5.56. The van der Waals surface area contributed by atoms with Gasteiger partial charge in [0, 0.05) is 43.9 Å². The van der Waals surface area contributed by atoms with E-state index in [9.17, 15) is 15.3 Å². The molecule has 1 saturated heterocycles. The first-order chi connectivity index (χ1) is 8.59. The summed E-state index contributed by atoms with van der Waals surface area (Å²) in [5, 5.41) is 32.6. The van der Waals surface area contributed by atoms with Crippen molar-refractivity contribution in [2.75, 3.05) is 26.2 Å². The Hall–Kier alpha value is -1.30. The summed E-state index contributed by atoms with van der Waals surface area (Å²) in [5.74, 6) is -0.0669. The van der Waals surface area contributed by atoms with E-state index in [1.165, 1.54) is 12.1 Å². The maximum Gasteiger partial charge on any atom is 0.125 e. The van der Waals surface area contributed by atoms with Crippen LogP contribution in [0.25, 0.3) is 0 Å². The molecule has 1 heterocycles. The molecule has 1 aromatic rings. The molecule has 0 amide bonds. The Labute approximate surface area is 107 Å². The molecule has 2 unspecified atom stereocenters. The fraction of sp³-hybridized carbons (Fsp3) is 0.538. The van der Waals surface area contributed by atoms with E-state index >= 15 is 0 Å². The van der Waals surface area contributed by atoms with E-state index in [4.69, 9.17) is 0 Å². The Bertz CT molecular complexity index is 405. The molecule has 2 rings (SSSR count). The zero-order valence-electron chi connectivity index (χ0n) is 10.5. The van der Waals surface area contributed by atoms with Crippen molar-refractivity contribution in [3.05, 3.63) is 23.8 Å². The van der Waals surface area contributed by atoms with Crippen molar-refractivity contribution < 1.29 is 15.3 Å². The third kappa shape index (κ3) is 2.75. The average molecular weight is 252 g/mol. The Morgan fingerprint density at radius 3 is 2.50 bits per heavy atom. The van der Waals surface area contributed by atoms with Crippen LogP contribution in [0.2, 0.25) is 0 Å². The number of aromatic hydroxyl groups is 2. The predicted molar refractivity (Wildman–Crippen MR) is 68.6 cm³/mol. The molecule has 1 aromatic carbocycles. The van der Waals surface area contributed by atoms with Crippen LogP contribution in [0.4, 0.5) is 0 Å². The summed E-state index contributed by atoms with van der Waals surface area (Å²) in [6.07, 6.45) is -0.760. The molecule has 1 aliphatic rings. The molecule has 5 heteroatoms. The van der Waals surface area contributed by atoms with Gasteiger partial charge in [0.25, 0.3) is 0 Å². The first-order valence-electron chi connectivity index (χ1n) is 6.24. The second-order valence-corrected chi connectivity index (χ2v) is 4.71. The van der Waals surface area contributed by atoms with Crippen LogP contribution in [0.5, 0.6) is 11.5 Å².